The van der Waals surface area contributed by atoms with Crippen molar-refractivity contribution in [3.8, 4) is 0 Å². The van der Waals surface area contributed by atoms with Crippen LogP contribution in [0.5, 0.6) is 0 Å². The summed E-state index contributed by atoms with van der Waals surface area (Å²) in [6.45, 7) is 2.32. The minimum Gasteiger partial charge on any atom is -0.359 e. The van der Waals surface area contributed by atoms with E-state index in [4.69, 9.17) is 10.3 Å². The average molecular weight is 210 g/mol. The smallest absolute Gasteiger partial charge is 0.320 e. The quantitative estimate of drug-likeness (QED) is 0.762. The highest BCUT2D eigenvalue weighted by Crippen LogP contribution is 2.12. The van der Waals surface area contributed by atoms with Gasteiger partial charge in [0, 0.05) is 32.7 Å². The molecule has 1 fully saturated rings. The monoisotopic (exact) mass is 210 g/mol. The van der Waals surface area contributed by atoms with Crippen LogP contribution in [0.2, 0.25) is 0 Å². The number of likely N-dealkylation sites (N-methyl/N-ethyl adjacent to an activating group) is 1. The molecular formula is C9H14N4O2. The number of hydrogen-bond acceptors (Lipinski definition) is 4. The van der Waals surface area contributed by atoms with E-state index in [-0.39, 0.29) is 6.03 Å². The van der Waals surface area contributed by atoms with Crippen molar-refractivity contribution in [3.05, 3.63) is 17.5 Å². The fourth-order valence-electron chi connectivity index (χ4n) is 1.56. The summed E-state index contributed by atoms with van der Waals surface area (Å²) < 4.78 is 5.06. The second-order valence-corrected chi connectivity index (χ2v) is 3.61. The van der Waals surface area contributed by atoms with Gasteiger partial charge in [-0.3, -0.25) is 0 Å². The minimum atomic E-state index is 0.0284. The number of amides is 2. The first kappa shape index (κ1) is 9.97. The molecule has 1 aromatic heterocycles. The molecule has 0 radical (unpaired) electrons. The Morgan fingerprint density at radius 2 is 2.40 bits per heavy atom. The number of carbonyl (C=O) groups is 1. The standard InChI is InChI=1S/C9H14N4O2/c1-12-2-3-13(9(12)14)6-8-4-7(5-10)11-15-8/h4H,2-3,5-6,10H2,1H3. The Balaban J connectivity index is 2.00. The third-order valence-corrected chi connectivity index (χ3v) is 2.47. The highest BCUT2D eigenvalue weighted by atomic mass is 16.5. The van der Waals surface area contributed by atoms with Crippen LogP contribution < -0.4 is 5.73 Å². The molecule has 2 rings (SSSR count). The first-order valence-corrected chi connectivity index (χ1v) is 4.85. The van der Waals surface area contributed by atoms with Crippen LogP contribution in [-0.4, -0.2) is 41.1 Å². The van der Waals surface area contributed by atoms with Crippen LogP contribution in [0.4, 0.5) is 4.79 Å². The molecule has 2 heterocycles. The van der Waals surface area contributed by atoms with Crippen molar-refractivity contribution in [1.82, 2.24) is 15.0 Å². The van der Waals surface area contributed by atoms with Crippen molar-refractivity contribution in [1.29, 1.82) is 0 Å². The van der Waals surface area contributed by atoms with Crippen LogP contribution in [0.15, 0.2) is 10.6 Å². The highest BCUT2D eigenvalue weighted by molar-refractivity contribution is 5.76. The summed E-state index contributed by atoms with van der Waals surface area (Å²) in [5.74, 6) is 0.680. The van der Waals surface area contributed by atoms with Crippen LogP contribution in [0.3, 0.4) is 0 Å². The van der Waals surface area contributed by atoms with Crippen LogP contribution in [0.25, 0.3) is 0 Å². The minimum absolute atomic E-state index is 0.0284. The summed E-state index contributed by atoms with van der Waals surface area (Å²) in [4.78, 5) is 15.0. The molecule has 0 aliphatic carbocycles. The molecular weight excluding hydrogens is 196 g/mol. The number of hydrogen-bond donors (Lipinski definition) is 1. The predicted molar refractivity (Wildman–Crippen MR) is 52.8 cm³/mol. The van der Waals surface area contributed by atoms with Crippen molar-refractivity contribution >= 4 is 6.03 Å². The lowest BCUT2D eigenvalue weighted by Gasteiger charge is -2.13. The number of nitrogens with two attached hydrogens (primary N) is 1. The van der Waals surface area contributed by atoms with Gasteiger partial charge in [0.25, 0.3) is 0 Å². The van der Waals surface area contributed by atoms with Gasteiger partial charge in [0.05, 0.1) is 12.2 Å². The second-order valence-electron chi connectivity index (χ2n) is 3.61. The Morgan fingerprint density at radius 3 is 2.93 bits per heavy atom. The third kappa shape index (κ3) is 1.94. The summed E-state index contributed by atoms with van der Waals surface area (Å²) in [5, 5.41) is 3.77. The maximum Gasteiger partial charge on any atom is 0.320 e. The van der Waals surface area contributed by atoms with E-state index in [1.807, 2.05) is 0 Å². The molecule has 0 saturated carbocycles. The van der Waals surface area contributed by atoms with E-state index in [1.165, 1.54) is 0 Å². The second kappa shape index (κ2) is 3.90. The molecule has 15 heavy (non-hydrogen) atoms. The first-order chi connectivity index (χ1) is 7.20. The number of aromatic nitrogens is 1. The van der Waals surface area contributed by atoms with Gasteiger partial charge >= 0.3 is 6.03 Å². The maximum absolute atomic E-state index is 11.6. The molecule has 0 atom stereocenters. The summed E-state index contributed by atoms with van der Waals surface area (Å²) in [6.07, 6.45) is 0. The summed E-state index contributed by atoms with van der Waals surface area (Å²) >= 11 is 0. The number of rotatable bonds is 3. The van der Waals surface area contributed by atoms with Gasteiger partial charge in [-0.15, -0.1) is 0 Å². The fourth-order valence-corrected chi connectivity index (χ4v) is 1.56. The molecule has 6 heteroatoms. The molecule has 1 aliphatic rings. The van der Waals surface area contributed by atoms with Crippen molar-refractivity contribution in [2.24, 2.45) is 5.73 Å². The Morgan fingerprint density at radius 1 is 1.60 bits per heavy atom. The van der Waals surface area contributed by atoms with Crippen LogP contribution in [-0.2, 0) is 13.1 Å². The van der Waals surface area contributed by atoms with E-state index < -0.39 is 0 Å². The molecule has 2 N–H and O–H groups in total. The van der Waals surface area contributed by atoms with E-state index in [2.05, 4.69) is 5.16 Å². The highest BCUT2D eigenvalue weighted by Gasteiger charge is 2.26. The Hall–Kier alpha value is -1.56. The molecule has 0 aromatic carbocycles. The van der Waals surface area contributed by atoms with E-state index in [9.17, 15) is 4.79 Å². The van der Waals surface area contributed by atoms with Gasteiger partial charge in [-0.05, 0) is 0 Å². The van der Waals surface area contributed by atoms with E-state index in [0.29, 0.717) is 24.5 Å². The van der Waals surface area contributed by atoms with Crippen LogP contribution >= 0.6 is 0 Å². The molecule has 0 spiro atoms. The van der Waals surface area contributed by atoms with Crippen molar-refractivity contribution in [3.63, 3.8) is 0 Å². The average Bonchev–Trinajstić information content (AvgIpc) is 2.80. The molecule has 1 aromatic rings. The fraction of sp³-hybridized carbons (Fsp3) is 0.556. The zero-order valence-corrected chi connectivity index (χ0v) is 8.64. The molecule has 1 aliphatic heterocycles. The lowest BCUT2D eigenvalue weighted by atomic mass is 10.3. The molecule has 1 saturated heterocycles. The van der Waals surface area contributed by atoms with Gasteiger partial charge in [0.1, 0.15) is 0 Å². The SMILES string of the molecule is CN1CCN(Cc2cc(CN)no2)C1=O. The summed E-state index contributed by atoms with van der Waals surface area (Å²) in [6, 6.07) is 1.81. The van der Waals surface area contributed by atoms with E-state index in [0.717, 1.165) is 13.1 Å². The zero-order chi connectivity index (χ0) is 10.8. The molecule has 0 bridgehead atoms. The molecule has 0 unspecified atom stereocenters. The Labute approximate surface area is 87.6 Å². The van der Waals surface area contributed by atoms with Gasteiger partial charge in [0.2, 0.25) is 0 Å². The lowest BCUT2D eigenvalue weighted by molar-refractivity contribution is 0.192. The van der Waals surface area contributed by atoms with Crippen molar-refractivity contribution in [2.45, 2.75) is 13.1 Å². The van der Waals surface area contributed by atoms with Crippen molar-refractivity contribution in [2.75, 3.05) is 20.1 Å². The number of nitrogens with zero attached hydrogens (tertiary/aromatic N) is 3. The van der Waals surface area contributed by atoms with Crippen LogP contribution in [0.1, 0.15) is 11.5 Å². The zero-order valence-electron chi connectivity index (χ0n) is 8.64. The van der Waals surface area contributed by atoms with Gasteiger partial charge in [-0.1, -0.05) is 5.16 Å². The molecule has 2 amide bonds. The van der Waals surface area contributed by atoms with E-state index in [1.54, 1.807) is 22.9 Å². The normalized spacial score (nSPS) is 16.5. The summed E-state index contributed by atoms with van der Waals surface area (Å²) in [5.41, 5.74) is 6.12. The largest absolute Gasteiger partial charge is 0.359 e. The van der Waals surface area contributed by atoms with Crippen molar-refractivity contribution < 1.29 is 9.32 Å². The third-order valence-electron chi connectivity index (χ3n) is 2.47. The Bertz CT molecular complexity index is 363. The topological polar surface area (TPSA) is 75.6 Å². The number of carbonyl (C=O) groups excluding carboxylic acids is 1. The Kier molecular flexibility index (Phi) is 2.59. The van der Waals surface area contributed by atoms with E-state index >= 15 is 0 Å². The van der Waals surface area contributed by atoms with Gasteiger partial charge < -0.3 is 20.1 Å². The molecule has 6 nitrogen and oxygen atoms in total. The van der Waals surface area contributed by atoms with Gasteiger partial charge in [-0.2, -0.15) is 0 Å². The maximum atomic E-state index is 11.6. The summed E-state index contributed by atoms with van der Waals surface area (Å²) in [7, 11) is 1.79. The predicted octanol–water partition coefficient (Wildman–Crippen LogP) is 0.000700. The van der Waals surface area contributed by atoms with Gasteiger partial charge in [-0.25, -0.2) is 4.79 Å². The molecule has 82 valence electrons. The van der Waals surface area contributed by atoms with Gasteiger partial charge in [0.15, 0.2) is 5.76 Å². The van der Waals surface area contributed by atoms with Crippen LogP contribution in [0, 0.1) is 0 Å². The number of urea groups is 1. The lowest BCUT2D eigenvalue weighted by Crippen LogP contribution is -2.28. The first-order valence-electron chi connectivity index (χ1n) is 4.85.